The van der Waals surface area contributed by atoms with Crippen molar-refractivity contribution in [3.05, 3.63) is 58.1 Å². The molecule has 0 aliphatic heterocycles. The van der Waals surface area contributed by atoms with Gasteiger partial charge in [-0.15, -0.1) is 0 Å². The van der Waals surface area contributed by atoms with Crippen molar-refractivity contribution in [1.29, 1.82) is 0 Å². The first kappa shape index (κ1) is 13.7. The van der Waals surface area contributed by atoms with Gasteiger partial charge in [-0.25, -0.2) is 0 Å². The predicted octanol–water partition coefficient (Wildman–Crippen LogP) is 3.53. The lowest BCUT2D eigenvalue weighted by molar-refractivity contribution is 0.102. The average Bonchev–Trinajstić information content (AvgIpc) is 2.42. The lowest BCUT2D eigenvalue weighted by Gasteiger charge is -2.08. The third kappa shape index (κ3) is 3.38. The van der Waals surface area contributed by atoms with Gasteiger partial charge in [0.15, 0.2) is 0 Å². The highest BCUT2D eigenvalue weighted by Crippen LogP contribution is 2.25. The molecule has 0 bridgehead atoms. The van der Waals surface area contributed by atoms with Crippen molar-refractivity contribution in [3.8, 4) is 0 Å². The Hall–Kier alpha value is -1.75. The van der Waals surface area contributed by atoms with Crippen LogP contribution < -0.4 is 16.6 Å². The van der Waals surface area contributed by atoms with Gasteiger partial charge in [0, 0.05) is 16.3 Å². The van der Waals surface area contributed by atoms with Crippen molar-refractivity contribution in [2.45, 2.75) is 0 Å². The van der Waals surface area contributed by atoms with Crippen LogP contribution in [0.25, 0.3) is 0 Å². The molecule has 0 saturated carbocycles. The van der Waals surface area contributed by atoms with E-state index in [1.807, 2.05) is 0 Å². The lowest BCUT2D eigenvalue weighted by Crippen LogP contribution is -2.12. The Balaban J connectivity index is 2.15. The predicted molar refractivity (Wildman–Crippen MR) is 78.7 cm³/mol. The monoisotopic (exact) mass is 295 g/mol. The van der Waals surface area contributed by atoms with Gasteiger partial charge in [0.1, 0.15) is 0 Å². The van der Waals surface area contributed by atoms with Crippen LogP contribution in [0.4, 0.5) is 11.4 Å². The Labute approximate surface area is 120 Å². The molecule has 4 N–H and O–H groups in total. The zero-order valence-corrected chi connectivity index (χ0v) is 11.3. The van der Waals surface area contributed by atoms with Crippen LogP contribution >= 0.6 is 23.2 Å². The van der Waals surface area contributed by atoms with Crippen molar-refractivity contribution in [1.82, 2.24) is 0 Å². The molecule has 0 saturated heterocycles. The molecule has 0 aromatic heterocycles. The number of nitrogen functional groups attached to an aromatic ring is 1. The summed E-state index contributed by atoms with van der Waals surface area (Å²) in [5.74, 6) is 5.00. The van der Waals surface area contributed by atoms with Gasteiger partial charge in [-0.1, -0.05) is 23.2 Å². The van der Waals surface area contributed by atoms with Crippen molar-refractivity contribution < 1.29 is 4.79 Å². The van der Waals surface area contributed by atoms with Crippen LogP contribution in [-0.4, -0.2) is 5.91 Å². The smallest absolute Gasteiger partial charge is 0.255 e. The van der Waals surface area contributed by atoms with Crippen molar-refractivity contribution >= 4 is 40.5 Å². The molecule has 0 fully saturated rings. The van der Waals surface area contributed by atoms with E-state index in [1.165, 1.54) is 0 Å². The van der Waals surface area contributed by atoms with E-state index in [4.69, 9.17) is 29.0 Å². The molecule has 0 unspecified atom stereocenters. The highest BCUT2D eigenvalue weighted by molar-refractivity contribution is 6.36. The zero-order chi connectivity index (χ0) is 13.8. The molecule has 0 aliphatic rings. The van der Waals surface area contributed by atoms with E-state index in [0.717, 1.165) is 5.69 Å². The summed E-state index contributed by atoms with van der Waals surface area (Å²) in [6.07, 6.45) is 0. The Kier molecular flexibility index (Phi) is 4.27. The first-order chi connectivity index (χ1) is 9.10. The summed E-state index contributed by atoms with van der Waals surface area (Å²) in [4.78, 5) is 12.0. The van der Waals surface area contributed by atoms with Crippen LogP contribution in [0.1, 0.15) is 10.4 Å². The number of hydrogen-bond acceptors (Lipinski definition) is 3. The number of anilines is 2. The molecule has 4 nitrogen and oxygen atoms in total. The number of hydrazine groups is 1. The normalized spacial score (nSPS) is 10.1. The van der Waals surface area contributed by atoms with Gasteiger partial charge in [0.05, 0.1) is 10.7 Å². The molecule has 98 valence electrons. The minimum absolute atomic E-state index is 0.257. The summed E-state index contributed by atoms with van der Waals surface area (Å²) in [5.41, 5.74) is 4.23. The van der Waals surface area contributed by atoms with Crippen molar-refractivity contribution in [2.75, 3.05) is 10.7 Å². The minimum Gasteiger partial charge on any atom is -0.324 e. The first-order valence-electron chi connectivity index (χ1n) is 5.43. The number of benzene rings is 2. The maximum absolute atomic E-state index is 12.0. The molecule has 6 heteroatoms. The molecule has 2 rings (SSSR count). The van der Waals surface area contributed by atoms with Gasteiger partial charge in [-0.2, -0.15) is 0 Å². The van der Waals surface area contributed by atoms with Gasteiger partial charge < -0.3 is 10.7 Å². The van der Waals surface area contributed by atoms with Crippen LogP contribution in [0.5, 0.6) is 0 Å². The zero-order valence-electron chi connectivity index (χ0n) is 9.78. The second kappa shape index (κ2) is 5.93. The first-order valence-corrected chi connectivity index (χ1v) is 6.19. The Morgan fingerprint density at radius 1 is 1.05 bits per heavy atom. The van der Waals surface area contributed by atoms with E-state index < -0.39 is 0 Å². The molecular weight excluding hydrogens is 285 g/mol. The molecule has 0 aliphatic carbocycles. The molecule has 0 spiro atoms. The third-order valence-electron chi connectivity index (χ3n) is 2.49. The fraction of sp³-hybridized carbons (Fsp3) is 0. The van der Waals surface area contributed by atoms with Crippen LogP contribution in [0.2, 0.25) is 10.0 Å². The Morgan fingerprint density at radius 2 is 1.74 bits per heavy atom. The van der Waals surface area contributed by atoms with E-state index in [0.29, 0.717) is 21.3 Å². The van der Waals surface area contributed by atoms with E-state index in [1.54, 1.807) is 42.5 Å². The Morgan fingerprint density at radius 3 is 2.32 bits per heavy atom. The topological polar surface area (TPSA) is 67.1 Å². The summed E-state index contributed by atoms with van der Waals surface area (Å²) in [5, 5.41) is 3.62. The van der Waals surface area contributed by atoms with Gasteiger partial charge in [0.2, 0.25) is 0 Å². The summed E-state index contributed by atoms with van der Waals surface area (Å²) in [7, 11) is 0. The quantitative estimate of drug-likeness (QED) is 0.599. The lowest BCUT2D eigenvalue weighted by atomic mass is 10.2. The van der Waals surface area contributed by atoms with Crippen LogP contribution in [-0.2, 0) is 0 Å². The molecule has 2 aromatic carbocycles. The van der Waals surface area contributed by atoms with E-state index in [-0.39, 0.29) is 5.91 Å². The number of halogens is 2. The maximum atomic E-state index is 12.0. The third-order valence-corrected chi connectivity index (χ3v) is 3.04. The number of nitrogens with one attached hydrogen (secondary N) is 2. The molecule has 1 amide bonds. The maximum Gasteiger partial charge on any atom is 0.255 e. The molecule has 0 heterocycles. The molecule has 19 heavy (non-hydrogen) atoms. The summed E-state index contributed by atoms with van der Waals surface area (Å²) < 4.78 is 0. The van der Waals surface area contributed by atoms with E-state index in [9.17, 15) is 4.79 Å². The van der Waals surface area contributed by atoms with Gasteiger partial charge in [-0.05, 0) is 42.5 Å². The standard InChI is InChI=1S/C13H11Cl2N3O/c14-9-3-6-12(11(15)7-9)17-13(19)8-1-4-10(18-16)5-2-8/h1-7,18H,16H2,(H,17,19). The average molecular weight is 296 g/mol. The van der Waals surface area contributed by atoms with Crippen LogP contribution in [0, 0.1) is 0 Å². The van der Waals surface area contributed by atoms with Crippen LogP contribution in [0.3, 0.4) is 0 Å². The second-order valence-electron chi connectivity index (χ2n) is 3.80. The molecular formula is C13H11Cl2N3O. The van der Waals surface area contributed by atoms with Gasteiger partial charge in [-0.3, -0.25) is 10.6 Å². The largest absolute Gasteiger partial charge is 0.324 e. The highest BCUT2D eigenvalue weighted by atomic mass is 35.5. The minimum atomic E-state index is -0.257. The van der Waals surface area contributed by atoms with Crippen molar-refractivity contribution in [3.63, 3.8) is 0 Å². The SMILES string of the molecule is NNc1ccc(C(=O)Nc2ccc(Cl)cc2Cl)cc1. The second-order valence-corrected chi connectivity index (χ2v) is 4.64. The van der Waals surface area contributed by atoms with Gasteiger partial charge in [0.25, 0.3) is 5.91 Å². The molecule has 2 aromatic rings. The Bertz CT molecular complexity index is 599. The van der Waals surface area contributed by atoms with Gasteiger partial charge >= 0.3 is 0 Å². The fourth-order valence-electron chi connectivity index (χ4n) is 1.50. The van der Waals surface area contributed by atoms with E-state index >= 15 is 0 Å². The van der Waals surface area contributed by atoms with Crippen LogP contribution in [0.15, 0.2) is 42.5 Å². The molecule has 0 atom stereocenters. The summed E-state index contributed by atoms with van der Waals surface area (Å²) >= 11 is 11.8. The summed E-state index contributed by atoms with van der Waals surface area (Å²) in [6.45, 7) is 0. The number of amides is 1. The highest BCUT2D eigenvalue weighted by Gasteiger charge is 2.08. The fourth-order valence-corrected chi connectivity index (χ4v) is 1.96. The number of rotatable bonds is 3. The number of hydrogen-bond donors (Lipinski definition) is 3. The number of carbonyl (C=O) groups is 1. The van der Waals surface area contributed by atoms with Crippen molar-refractivity contribution in [2.24, 2.45) is 5.84 Å². The number of carbonyl (C=O) groups excluding carboxylic acids is 1. The molecule has 0 radical (unpaired) electrons. The van der Waals surface area contributed by atoms with E-state index in [2.05, 4.69) is 10.7 Å². The summed E-state index contributed by atoms with van der Waals surface area (Å²) in [6, 6.07) is 11.6. The number of nitrogens with two attached hydrogens (primary N) is 1.